The molecule has 4 aromatic rings. The van der Waals surface area contributed by atoms with Crippen LogP contribution in [0, 0.1) is 11.8 Å². The SMILES string of the molecule is O=C(Nc1ccc(C=Cc2ccc(NC(=O)[C@@H]3CCCN3C(=O)C3CC(=O)N(Cc4cccs4)C3)cc2)cc1)[C@@H]1CCCN1C(=O)C1CC(=O)N(Cc2cccs2)C1. The van der Waals surface area contributed by atoms with Gasteiger partial charge in [0.1, 0.15) is 12.1 Å². The molecule has 2 aromatic heterocycles. The van der Waals surface area contributed by atoms with Gasteiger partial charge in [-0.1, -0.05) is 48.6 Å². The molecule has 2 N–H and O–H groups in total. The number of thiophene rings is 2. The van der Waals surface area contributed by atoms with Gasteiger partial charge >= 0.3 is 0 Å². The lowest BCUT2D eigenvalue weighted by atomic mass is 10.1. The van der Waals surface area contributed by atoms with Crippen molar-refractivity contribution in [2.24, 2.45) is 11.8 Å². The van der Waals surface area contributed by atoms with E-state index < -0.39 is 23.9 Å². The number of amides is 6. The zero-order valence-corrected chi connectivity index (χ0v) is 33.7. The van der Waals surface area contributed by atoms with Gasteiger partial charge in [-0.25, -0.2) is 0 Å². The van der Waals surface area contributed by atoms with Gasteiger partial charge in [0, 0.05) is 60.1 Å². The van der Waals surface area contributed by atoms with E-state index in [2.05, 4.69) is 10.6 Å². The zero-order valence-electron chi connectivity index (χ0n) is 32.1. The molecule has 6 heterocycles. The van der Waals surface area contributed by atoms with E-state index >= 15 is 0 Å². The molecule has 2 unspecified atom stereocenters. The number of benzene rings is 2. The van der Waals surface area contributed by atoms with Gasteiger partial charge in [-0.05, 0) is 84.0 Å². The molecule has 0 spiro atoms. The third-order valence-electron chi connectivity index (χ3n) is 11.5. The number of nitrogens with zero attached hydrogens (tertiary/aromatic N) is 4. The molecule has 58 heavy (non-hydrogen) atoms. The Labute approximate surface area is 345 Å². The summed E-state index contributed by atoms with van der Waals surface area (Å²) >= 11 is 3.18. The maximum Gasteiger partial charge on any atom is 0.247 e. The average molecular weight is 819 g/mol. The number of carbonyl (C=O) groups excluding carboxylic acids is 6. The average Bonchev–Trinajstić information content (AvgIpc) is 4.09. The first-order chi connectivity index (χ1) is 28.2. The first kappa shape index (κ1) is 39.2. The molecule has 4 aliphatic heterocycles. The van der Waals surface area contributed by atoms with E-state index in [9.17, 15) is 28.8 Å². The van der Waals surface area contributed by atoms with Crippen LogP contribution in [0.4, 0.5) is 11.4 Å². The molecule has 0 radical (unpaired) electrons. The first-order valence-corrected chi connectivity index (χ1v) is 21.7. The number of hydrogen-bond donors (Lipinski definition) is 2. The van der Waals surface area contributed by atoms with Crippen LogP contribution in [-0.4, -0.2) is 93.3 Å². The first-order valence-electron chi connectivity index (χ1n) is 19.9. The molecule has 4 saturated heterocycles. The molecule has 12 nitrogen and oxygen atoms in total. The highest BCUT2D eigenvalue weighted by molar-refractivity contribution is 7.10. The summed E-state index contributed by atoms with van der Waals surface area (Å²) in [7, 11) is 0. The Hall–Kier alpha value is -5.60. The Morgan fingerprint density at radius 3 is 1.40 bits per heavy atom. The van der Waals surface area contributed by atoms with Crippen molar-refractivity contribution in [3.8, 4) is 0 Å². The number of likely N-dealkylation sites (tertiary alicyclic amines) is 4. The normalized spacial score (nSPS) is 22.1. The molecule has 4 fully saturated rings. The van der Waals surface area contributed by atoms with Crippen molar-refractivity contribution in [2.45, 2.75) is 63.7 Å². The fourth-order valence-electron chi connectivity index (χ4n) is 8.44. The van der Waals surface area contributed by atoms with E-state index in [0.29, 0.717) is 63.5 Å². The minimum absolute atomic E-state index is 0.0263. The molecule has 4 atom stereocenters. The fraction of sp³-hybridized carbons (Fsp3) is 0.364. The Bertz CT molecular complexity index is 2020. The Morgan fingerprint density at radius 2 is 1.02 bits per heavy atom. The summed E-state index contributed by atoms with van der Waals surface area (Å²) in [5, 5.41) is 9.91. The molecule has 0 bridgehead atoms. The minimum Gasteiger partial charge on any atom is -0.337 e. The predicted molar refractivity (Wildman–Crippen MR) is 224 cm³/mol. The monoisotopic (exact) mass is 818 g/mol. The molecule has 0 aliphatic carbocycles. The minimum atomic E-state index is -0.571. The molecule has 0 saturated carbocycles. The van der Waals surface area contributed by atoms with Crippen LogP contribution in [0.3, 0.4) is 0 Å². The van der Waals surface area contributed by atoms with Crippen LogP contribution in [0.25, 0.3) is 12.2 Å². The molecule has 300 valence electrons. The van der Waals surface area contributed by atoms with Crippen molar-refractivity contribution < 1.29 is 28.8 Å². The van der Waals surface area contributed by atoms with E-state index in [1.165, 1.54) is 0 Å². The van der Waals surface area contributed by atoms with Crippen LogP contribution in [0.2, 0.25) is 0 Å². The Morgan fingerprint density at radius 1 is 0.603 bits per heavy atom. The van der Waals surface area contributed by atoms with Crippen LogP contribution in [0.5, 0.6) is 0 Å². The van der Waals surface area contributed by atoms with Gasteiger partial charge in [0.2, 0.25) is 35.4 Å². The van der Waals surface area contributed by atoms with E-state index in [1.807, 2.05) is 95.7 Å². The van der Waals surface area contributed by atoms with Gasteiger partial charge in [0.15, 0.2) is 0 Å². The fourth-order valence-corrected chi connectivity index (χ4v) is 9.87. The number of carbonyl (C=O) groups is 6. The van der Waals surface area contributed by atoms with Crippen LogP contribution < -0.4 is 10.6 Å². The van der Waals surface area contributed by atoms with Gasteiger partial charge in [-0.3, -0.25) is 28.8 Å². The predicted octanol–water partition coefficient (Wildman–Crippen LogP) is 5.94. The summed E-state index contributed by atoms with van der Waals surface area (Å²) in [5.41, 5.74) is 3.12. The van der Waals surface area contributed by atoms with Crippen molar-refractivity contribution in [3.05, 3.63) is 104 Å². The molecular formula is C44H46N6O6S2. The third kappa shape index (κ3) is 8.92. The molecule has 2 aromatic carbocycles. The summed E-state index contributed by atoms with van der Waals surface area (Å²) in [6, 6.07) is 21.7. The molecule has 4 aliphatic rings. The second kappa shape index (κ2) is 17.5. The maximum atomic E-state index is 13.5. The van der Waals surface area contributed by atoms with Crippen molar-refractivity contribution in [3.63, 3.8) is 0 Å². The van der Waals surface area contributed by atoms with Crippen molar-refractivity contribution >= 4 is 81.6 Å². The second-order valence-corrected chi connectivity index (χ2v) is 17.5. The summed E-state index contributed by atoms with van der Waals surface area (Å²) in [6.45, 7) is 2.78. The zero-order chi connectivity index (χ0) is 40.2. The number of anilines is 2. The van der Waals surface area contributed by atoms with Crippen molar-refractivity contribution in [2.75, 3.05) is 36.8 Å². The van der Waals surface area contributed by atoms with Gasteiger partial charge in [0.05, 0.1) is 24.9 Å². The summed E-state index contributed by atoms with van der Waals surface area (Å²) in [6.07, 6.45) is 6.90. The number of rotatable bonds is 12. The Balaban J connectivity index is 0.800. The highest BCUT2D eigenvalue weighted by atomic mass is 32.1. The van der Waals surface area contributed by atoms with Crippen LogP contribution >= 0.6 is 22.7 Å². The standard InChI is InChI=1S/C44H46N6O6S2/c51-39-23-31(25-47(39)27-35-5-3-21-57-35)43(55)49-19-1-7-37(49)41(53)45-33-15-11-29(12-16-33)9-10-30-13-17-34(18-14-30)46-42(54)38-8-2-20-50(38)44(56)32-24-40(52)48(26-32)28-36-6-4-22-58-36/h3-6,9-18,21-22,31-32,37-38H,1-2,7-8,19-20,23-28H2,(H,45,53)(H,46,54)/t31?,32?,37-,38-/m0/s1. The maximum absolute atomic E-state index is 13.5. The van der Waals surface area contributed by atoms with Gasteiger partial charge < -0.3 is 30.2 Å². The van der Waals surface area contributed by atoms with E-state index in [4.69, 9.17) is 0 Å². The van der Waals surface area contributed by atoms with Gasteiger partial charge in [0.25, 0.3) is 0 Å². The number of hydrogen-bond acceptors (Lipinski definition) is 8. The number of nitrogens with one attached hydrogen (secondary N) is 2. The lowest BCUT2D eigenvalue weighted by Gasteiger charge is -2.26. The summed E-state index contributed by atoms with van der Waals surface area (Å²) in [5.74, 6) is -1.63. The second-order valence-electron chi connectivity index (χ2n) is 15.4. The molecule has 14 heteroatoms. The van der Waals surface area contributed by atoms with Crippen molar-refractivity contribution in [1.29, 1.82) is 0 Å². The molecular weight excluding hydrogens is 773 g/mol. The van der Waals surface area contributed by atoms with Crippen LogP contribution in [0.1, 0.15) is 59.4 Å². The molecule has 8 rings (SSSR count). The highest BCUT2D eigenvalue weighted by Gasteiger charge is 2.43. The van der Waals surface area contributed by atoms with Crippen LogP contribution in [-0.2, 0) is 41.9 Å². The van der Waals surface area contributed by atoms with Gasteiger partial charge in [-0.15, -0.1) is 22.7 Å². The topological polar surface area (TPSA) is 139 Å². The van der Waals surface area contributed by atoms with E-state index in [-0.39, 0.29) is 48.3 Å². The van der Waals surface area contributed by atoms with E-state index in [1.54, 1.807) is 42.3 Å². The lowest BCUT2D eigenvalue weighted by Crippen LogP contribution is -2.46. The van der Waals surface area contributed by atoms with Crippen molar-refractivity contribution in [1.82, 2.24) is 19.6 Å². The van der Waals surface area contributed by atoms with E-state index in [0.717, 1.165) is 33.7 Å². The van der Waals surface area contributed by atoms with Crippen LogP contribution in [0.15, 0.2) is 83.6 Å². The summed E-state index contributed by atoms with van der Waals surface area (Å²) < 4.78 is 0. The molecule has 6 amide bonds. The Kier molecular flexibility index (Phi) is 11.8. The lowest BCUT2D eigenvalue weighted by molar-refractivity contribution is -0.140. The smallest absolute Gasteiger partial charge is 0.247 e. The largest absolute Gasteiger partial charge is 0.337 e. The highest BCUT2D eigenvalue weighted by Crippen LogP contribution is 2.30. The quantitative estimate of drug-likeness (QED) is 0.170. The summed E-state index contributed by atoms with van der Waals surface area (Å²) in [4.78, 5) is 88.1. The van der Waals surface area contributed by atoms with Gasteiger partial charge in [-0.2, -0.15) is 0 Å². The third-order valence-corrected chi connectivity index (χ3v) is 13.2.